The summed E-state index contributed by atoms with van der Waals surface area (Å²) in [4.78, 5) is 0. The van der Waals surface area contributed by atoms with E-state index in [4.69, 9.17) is 0 Å². The summed E-state index contributed by atoms with van der Waals surface area (Å²) in [6, 6.07) is 8.88. The van der Waals surface area contributed by atoms with Crippen molar-refractivity contribution < 1.29 is 0 Å². The van der Waals surface area contributed by atoms with Gasteiger partial charge in [-0.1, -0.05) is 45.4 Å². The average molecular weight is 229 g/mol. The quantitative estimate of drug-likeness (QED) is 0.698. The van der Waals surface area contributed by atoms with Crippen molar-refractivity contribution in [3.8, 4) is 0 Å². The topological polar surface area (TPSA) is 12.0 Å². The van der Waals surface area contributed by atoms with Gasteiger partial charge in [0.2, 0.25) is 0 Å². The van der Waals surface area contributed by atoms with Crippen LogP contribution in [0.25, 0.3) is 0 Å². The predicted molar refractivity (Wildman–Crippen MR) is 73.5 cm³/mol. The minimum absolute atomic E-state index is 0.221. The predicted octanol–water partition coefficient (Wildman–Crippen LogP) is 4.34. The fraction of sp³-hybridized carbons (Fsp3) is 0.625. The standard InChI is InChI=1S/C16H23N/c1-14(2)10-7-11-15(3)16(14,4)12-8-5-6-9-13(12)17-15/h5-6,8-9,17H,7,10-11H2,1-4H3. The average Bonchev–Trinajstić information content (AvgIpc) is 2.50. The Kier molecular flexibility index (Phi) is 2.01. The van der Waals surface area contributed by atoms with E-state index in [-0.39, 0.29) is 11.0 Å². The van der Waals surface area contributed by atoms with E-state index in [1.807, 2.05) is 0 Å². The number of para-hydroxylation sites is 1. The number of fused-ring (bicyclic) bond motifs is 3. The summed E-state index contributed by atoms with van der Waals surface area (Å²) in [6.45, 7) is 9.75. The zero-order valence-electron chi connectivity index (χ0n) is 11.4. The fourth-order valence-electron chi connectivity index (χ4n) is 4.31. The number of anilines is 1. The molecule has 0 bridgehead atoms. The third-order valence-corrected chi connectivity index (χ3v) is 5.81. The second kappa shape index (κ2) is 3.07. The van der Waals surface area contributed by atoms with Crippen LogP contribution in [0.4, 0.5) is 5.69 Å². The molecule has 0 spiro atoms. The van der Waals surface area contributed by atoms with Crippen LogP contribution in [0.15, 0.2) is 24.3 Å². The zero-order chi connectivity index (χ0) is 12.3. The Balaban J connectivity index is 2.25. The van der Waals surface area contributed by atoms with Crippen molar-refractivity contribution in [1.82, 2.24) is 0 Å². The number of rotatable bonds is 0. The molecule has 3 rings (SSSR count). The van der Waals surface area contributed by atoms with Crippen LogP contribution in [0.5, 0.6) is 0 Å². The molecule has 2 aliphatic rings. The van der Waals surface area contributed by atoms with Crippen molar-refractivity contribution in [2.24, 2.45) is 5.41 Å². The molecule has 0 saturated heterocycles. The third kappa shape index (κ3) is 1.15. The molecule has 0 aromatic heterocycles. The molecule has 1 fully saturated rings. The van der Waals surface area contributed by atoms with Crippen LogP contribution >= 0.6 is 0 Å². The van der Waals surface area contributed by atoms with Gasteiger partial charge in [0.25, 0.3) is 0 Å². The SMILES string of the molecule is CC1(C)CCCC2(C)Nc3ccccc3C12C. The molecule has 1 heterocycles. The molecular formula is C16H23N. The summed E-state index contributed by atoms with van der Waals surface area (Å²) >= 11 is 0. The van der Waals surface area contributed by atoms with Crippen molar-refractivity contribution in [2.75, 3.05) is 5.32 Å². The number of hydrogen-bond acceptors (Lipinski definition) is 1. The Hall–Kier alpha value is -0.980. The van der Waals surface area contributed by atoms with E-state index in [1.165, 1.54) is 30.5 Å². The lowest BCUT2D eigenvalue weighted by molar-refractivity contribution is 0.0556. The number of benzene rings is 1. The molecule has 1 aromatic carbocycles. The van der Waals surface area contributed by atoms with Gasteiger partial charge in [-0.3, -0.25) is 0 Å². The fourth-order valence-corrected chi connectivity index (χ4v) is 4.31. The lowest BCUT2D eigenvalue weighted by Crippen LogP contribution is -2.58. The minimum Gasteiger partial charge on any atom is -0.379 e. The normalized spacial score (nSPS) is 38.1. The molecule has 0 amide bonds. The lowest BCUT2D eigenvalue weighted by atomic mass is 9.50. The summed E-state index contributed by atoms with van der Waals surface area (Å²) in [5.74, 6) is 0. The van der Waals surface area contributed by atoms with Gasteiger partial charge in [0.15, 0.2) is 0 Å². The van der Waals surface area contributed by atoms with Crippen molar-refractivity contribution in [2.45, 2.75) is 57.9 Å². The van der Waals surface area contributed by atoms with E-state index in [1.54, 1.807) is 0 Å². The summed E-state index contributed by atoms with van der Waals surface area (Å²) in [6.07, 6.45) is 3.94. The smallest absolute Gasteiger partial charge is 0.0445 e. The van der Waals surface area contributed by atoms with Crippen LogP contribution in [0.3, 0.4) is 0 Å². The third-order valence-electron chi connectivity index (χ3n) is 5.81. The Labute approximate surface area is 105 Å². The van der Waals surface area contributed by atoms with Crippen LogP contribution in [0, 0.1) is 5.41 Å². The highest BCUT2D eigenvalue weighted by Crippen LogP contribution is 2.62. The van der Waals surface area contributed by atoms with Crippen molar-refractivity contribution in [3.63, 3.8) is 0 Å². The summed E-state index contributed by atoms with van der Waals surface area (Å²) in [5, 5.41) is 3.81. The summed E-state index contributed by atoms with van der Waals surface area (Å²) in [5.41, 5.74) is 3.70. The van der Waals surface area contributed by atoms with E-state index in [0.717, 1.165) is 0 Å². The molecule has 1 N–H and O–H groups in total. The Bertz CT molecular complexity index is 462. The van der Waals surface area contributed by atoms with Gasteiger partial charge in [-0.25, -0.2) is 0 Å². The highest BCUT2D eigenvalue weighted by molar-refractivity contribution is 5.65. The first kappa shape index (κ1) is 11.1. The molecule has 92 valence electrons. The molecule has 2 atom stereocenters. The highest BCUT2D eigenvalue weighted by atomic mass is 15.1. The highest BCUT2D eigenvalue weighted by Gasteiger charge is 2.60. The number of nitrogens with one attached hydrogen (secondary N) is 1. The monoisotopic (exact) mass is 229 g/mol. The van der Waals surface area contributed by atoms with E-state index in [2.05, 4.69) is 57.3 Å². The van der Waals surface area contributed by atoms with E-state index in [0.29, 0.717) is 5.41 Å². The van der Waals surface area contributed by atoms with Crippen molar-refractivity contribution >= 4 is 5.69 Å². The second-order valence-corrected chi connectivity index (χ2v) is 6.87. The van der Waals surface area contributed by atoms with E-state index >= 15 is 0 Å². The van der Waals surface area contributed by atoms with Crippen LogP contribution in [0.1, 0.15) is 52.5 Å². The molecule has 0 radical (unpaired) electrons. The van der Waals surface area contributed by atoms with Gasteiger partial charge >= 0.3 is 0 Å². The Morgan fingerprint density at radius 3 is 2.47 bits per heavy atom. The van der Waals surface area contributed by atoms with Gasteiger partial charge in [-0.15, -0.1) is 0 Å². The van der Waals surface area contributed by atoms with Crippen LogP contribution in [-0.2, 0) is 5.41 Å². The molecule has 1 nitrogen and oxygen atoms in total. The van der Waals surface area contributed by atoms with Gasteiger partial charge in [-0.2, -0.15) is 0 Å². The molecule has 1 aliphatic heterocycles. The lowest BCUT2D eigenvalue weighted by Gasteiger charge is -2.55. The maximum Gasteiger partial charge on any atom is 0.0445 e. The Morgan fingerprint density at radius 2 is 1.71 bits per heavy atom. The largest absolute Gasteiger partial charge is 0.379 e. The first-order valence-electron chi connectivity index (χ1n) is 6.78. The summed E-state index contributed by atoms with van der Waals surface area (Å²) < 4.78 is 0. The minimum atomic E-state index is 0.221. The molecule has 1 saturated carbocycles. The van der Waals surface area contributed by atoms with Gasteiger partial charge in [0, 0.05) is 16.6 Å². The molecule has 1 aromatic rings. The molecule has 1 aliphatic carbocycles. The Morgan fingerprint density at radius 1 is 1.00 bits per heavy atom. The zero-order valence-corrected chi connectivity index (χ0v) is 11.4. The van der Waals surface area contributed by atoms with Gasteiger partial charge < -0.3 is 5.32 Å². The van der Waals surface area contributed by atoms with Crippen molar-refractivity contribution in [3.05, 3.63) is 29.8 Å². The first-order valence-corrected chi connectivity index (χ1v) is 6.78. The maximum atomic E-state index is 3.81. The summed E-state index contributed by atoms with van der Waals surface area (Å²) in [7, 11) is 0. The molecule has 17 heavy (non-hydrogen) atoms. The van der Waals surface area contributed by atoms with Crippen LogP contribution in [0.2, 0.25) is 0 Å². The van der Waals surface area contributed by atoms with Gasteiger partial charge in [-0.05, 0) is 36.8 Å². The maximum absolute atomic E-state index is 3.81. The van der Waals surface area contributed by atoms with Gasteiger partial charge in [0.1, 0.15) is 0 Å². The van der Waals surface area contributed by atoms with Crippen LogP contribution < -0.4 is 5.32 Å². The van der Waals surface area contributed by atoms with Gasteiger partial charge in [0.05, 0.1) is 0 Å². The van der Waals surface area contributed by atoms with E-state index < -0.39 is 0 Å². The number of hydrogen-bond donors (Lipinski definition) is 1. The second-order valence-electron chi connectivity index (χ2n) is 6.87. The molecular weight excluding hydrogens is 206 g/mol. The first-order chi connectivity index (χ1) is 7.91. The molecule has 1 heteroatoms. The van der Waals surface area contributed by atoms with Crippen LogP contribution in [-0.4, -0.2) is 5.54 Å². The van der Waals surface area contributed by atoms with E-state index in [9.17, 15) is 0 Å². The molecule has 2 unspecified atom stereocenters. The van der Waals surface area contributed by atoms with Crippen molar-refractivity contribution in [1.29, 1.82) is 0 Å².